The Hall–Kier alpha value is -1.87. The number of hydrogen-bond donors (Lipinski definition) is 0. The Balaban J connectivity index is 1.95. The topological polar surface area (TPSA) is 22.0 Å². The van der Waals surface area contributed by atoms with Crippen molar-refractivity contribution in [1.29, 1.82) is 0 Å². The normalized spacial score (nSPS) is 10.9. The minimum Gasteiger partial charge on any atom is -0.350 e. The number of halogens is 1. The Morgan fingerprint density at radius 1 is 1.10 bits per heavy atom. The van der Waals surface area contributed by atoms with Crippen molar-refractivity contribution in [2.75, 3.05) is 0 Å². The molecule has 0 fully saturated rings. The van der Waals surface area contributed by atoms with E-state index in [1.807, 2.05) is 66.3 Å². The van der Waals surface area contributed by atoms with Crippen molar-refractivity contribution in [2.45, 2.75) is 6.42 Å². The van der Waals surface area contributed by atoms with E-state index in [-0.39, 0.29) is 5.78 Å². The van der Waals surface area contributed by atoms with Crippen molar-refractivity contribution in [3.05, 3.63) is 70.3 Å². The van der Waals surface area contributed by atoms with Crippen LogP contribution in [0.2, 0.25) is 0 Å². The number of aryl methyl sites for hydroxylation is 1. The standard InChI is InChI=1S/C17H14BrNO/c1-19-11-15(14-4-2-3-5-16(14)19)17(20)10-12-6-8-13(18)9-7-12/h2-9,11H,10H2,1H3. The molecule has 0 aliphatic heterocycles. The number of ketones is 1. The average molecular weight is 328 g/mol. The Labute approximate surface area is 126 Å². The lowest BCUT2D eigenvalue weighted by Gasteiger charge is -2.01. The molecule has 3 heteroatoms. The molecule has 0 saturated carbocycles. The molecule has 0 atom stereocenters. The number of rotatable bonds is 3. The summed E-state index contributed by atoms with van der Waals surface area (Å²) >= 11 is 3.40. The third kappa shape index (κ3) is 2.41. The maximum absolute atomic E-state index is 12.5. The molecular weight excluding hydrogens is 314 g/mol. The summed E-state index contributed by atoms with van der Waals surface area (Å²) in [6.07, 6.45) is 2.35. The maximum atomic E-state index is 12.5. The summed E-state index contributed by atoms with van der Waals surface area (Å²) in [5.74, 6) is 0.157. The van der Waals surface area contributed by atoms with Gasteiger partial charge in [0.05, 0.1) is 0 Å². The van der Waals surface area contributed by atoms with Gasteiger partial charge in [0.15, 0.2) is 5.78 Å². The van der Waals surface area contributed by atoms with Gasteiger partial charge < -0.3 is 4.57 Å². The highest BCUT2D eigenvalue weighted by molar-refractivity contribution is 9.10. The van der Waals surface area contributed by atoms with Gasteiger partial charge in [0.25, 0.3) is 0 Å². The summed E-state index contributed by atoms with van der Waals surface area (Å²) in [6.45, 7) is 0. The lowest BCUT2D eigenvalue weighted by Crippen LogP contribution is -2.02. The Bertz CT molecular complexity index is 771. The predicted molar refractivity (Wildman–Crippen MR) is 85.1 cm³/mol. The molecule has 0 aliphatic carbocycles. The van der Waals surface area contributed by atoms with Crippen LogP contribution in [0.1, 0.15) is 15.9 Å². The third-order valence-corrected chi connectivity index (χ3v) is 4.00. The number of nitrogens with zero attached hydrogens (tertiary/aromatic N) is 1. The van der Waals surface area contributed by atoms with Crippen molar-refractivity contribution >= 4 is 32.6 Å². The summed E-state index contributed by atoms with van der Waals surface area (Å²) in [4.78, 5) is 12.5. The van der Waals surface area contributed by atoms with E-state index in [0.29, 0.717) is 6.42 Å². The Kier molecular flexibility index (Phi) is 3.45. The van der Waals surface area contributed by atoms with Gasteiger partial charge in [-0.15, -0.1) is 0 Å². The number of carbonyl (C=O) groups is 1. The monoisotopic (exact) mass is 327 g/mol. The highest BCUT2D eigenvalue weighted by Crippen LogP contribution is 2.22. The van der Waals surface area contributed by atoms with E-state index >= 15 is 0 Å². The van der Waals surface area contributed by atoms with Gasteiger partial charge >= 0.3 is 0 Å². The number of para-hydroxylation sites is 1. The molecule has 3 aromatic rings. The molecule has 0 bridgehead atoms. The largest absolute Gasteiger partial charge is 0.350 e. The molecule has 0 unspecified atom stereocenters. The zero-order valence-corrected chi connectivity index (χ0v) is 12.7. The van der Waals surface area contributed by atoms with Crippen LogP contribution in [-0.4, -0.2) is 10.4 Å². The zero-order valence-electron chi connectivity index (χ0n) is 11.1. The molecule has 0 amide bonds. The molecule has 0 N–H and O–H groups in total. The smallest absolute Gasteiger partial charge is 0.169 e. The molecule has 2 aromatic carbocycles. The van der Waals surface area contributed by atoms with Crippen molar-refractivity contribution in [3.8, 4) is 0 Å². The number of aromatic nitrogens is 1. The van der Waals surface area contributed by atoms with Crippen molar-refractivity contribution < 1.29 is 4.79 Å². The van der Waals surface area contributed by atoms with E-state index in [9.17, 15) is 4.79 Å². The van der Waals surface area contributed by atoms with Gasteiger partial charge in [-0.1, -0.05) is 46.3 Å². The van der Waals surface area contributed by atoms with E-state index in [4.69, 9.17) is 0 Å². The van der Waals surface area contributed by atoms with E-state index in [1.54, 1.807) is 0 Å². The van der Waals surface area contributed by atoms with E-state index in [1.165, 1.54) is 0 Å². The zero-order chi connectivity index (χ0) is 14.1. The van der Waals surface area contributed by atoms with Gasteiger partial charge in [-0.3, -0.25) is 4.79 Å². The summed E-state index contributed by atoms with van der Waals surface area (Å²) in [6, 6.07) is 15.9. The minimum absolute atomic E-state index is 0.157. The lowest BCUT2D eigenvalue weighted by atomic mass is 10.0. The predicted octanol–water partition coefficient (Wildman–Crippen LogP) is 4.37. The first kappa shape index (κ1) is 13.1. The van der Waals surface area contributed by atoms with Crippen LogP contribution >= 0.6 is 15.9 Å². The number of hydrogen-bond acceptors (Lipinski definition) is 1. The van der Waals surface area contributed by atoms with Gasteiger partial charge in [0.1, 0.15) is 0 Å². The third-order valence-electron chi connectivity index (χ3n) is 3.48. The summed E-state index contributed by atoms with van der Waals surface area (Å²) in [5.41, 5.74) is 2.92. The molecule has 20 heavy (non-hydrogen) atoms. The van der Waals surface area contributed by atoms with Crippen LogP contribution in [0.25, 0.3) is 10.9 Å². The first-order valence-electron chi connectivity index (χ1n) is 6.47. The Morgan fingerprint density at radius 3 is 2.55 bits per heavy atom. The van der Waals surface area contributed by atoms with Gasteiger partial charge in [0.2, 0.25) is 0 Å². The Morgan fingerprint density at radius 2 is 1.80 bits per heavy atom. The molecule has 3 rings (SSSR count). The van der Waals surface area contributed by atoms with Gasteiger partial charge in [-0.05, 0) is 23.8 Å². The molecule has 1 heterocycles. The van der Waals surface area contributed by atoms with E-state index in [2.05, 4.69) is 15.9 Å². The number of benzene rings is 2. The van der Waals surface area contributed by atoms with Crippen LogP contribution in [0, 0.1) is 0 Å². The van der Waals surface area contributed by atoms with Crippen LogP contribution in [0.15, 0.2) is 59.2 Å². The molecular formula is C17H14BrNO. The van der Waals surface area contributed by atoms with Crippen LogP contribution in [0.3, 0.4) is 0 Å². The summed E-state index contributed by atoms with van der Waals surface area (Å²) in [7, 11) is 1.97. The second kappa shape index (κ2) is 5.25. The minimum atomic E-state index is 0.157. The highest BCUT2D eigenvalue weighted by atomic mass is 79.9. The molecule has 0 spiro atoms. The SMILES string of the molecule is Cn1cc(C(=O)Cc2ccc(Br)cc2)c2ccccc21. The van der Waals surface area contributed by atoms with Crippen molar-refractivity contribution in [1.82, 2.24) is 4.57 Å². The average Bonchev–Trinajstić information content (AvgIpc) is 2.79. The maximum Gasteiger partial charge on any atom is 0.169 e. The van der Waals surface area contributed by atoms with E-state index < -0.39 is 0 Å². The van der Waals surface area contributed by atoms with Crippen LogP contribution in [0.4, 0.5) is 0 Å². The molecule has 2 nitrogen and oxygen atoms in total. The van der Waals surface area contributed by atoms with Gasteiger partial charge in [-0.2, -0.15) is 0 Å². The van der Waals surface area contributed by atoms with Gasteiger partial charge in [-0.25, -0.2) is 0 Å². The fraction of sp³-hybridized carbons (Fsp3) is 0.118. The highest BCUT2D eigenvalue weighted by Gasteiger charge is 2.13. The van der Waals surface area contributed by atoms with Crippen LogP contribution in [-0.2, 0) is 13.5 Å². The molecule has 0 radical (unpaired) electrons. The lowest BCUT2D eigenvalue weighted by molar-refractivity contribution is 0.0994. The second-order valence-electron chi connectivity index (χ2n) is 4.90. The molecule has 0 aliphatic rings. The summed E-state index contributed by atoms with van der Waals surface area (Å²) in [5, 5.41) is 1.03. The van der Waals surface area contributed by atoms with Crippen molar-refractivity contribution in [2.24, 2.45) is 7.05 Å². The van der Waals surface area contributed by atoms with Gasteiger partial charge in [0, 0.05) is 40.6 Å². The fourth-order valence-electron chi connectivity index (χ4n) is 2.45. The fourth-order valence-corrected chi connectivity index (χ4v) is 2.71. The van der Waals surface area contributed by atoms with Crippen molar-refractivity contribution in [3.63, 3.8) is 0 Å². The molecule has 100 valence electrons. The summed E-state index contributed by atoms with van der Waals surface area (Å²) < 4.78 is 3.03. The quantitative estimate of drug-likeness (QED) is 0.655. The second-order valence-corrected chi connectivity index (χ2v) is 5.81. The molecule has 0 saturated heterocycles. The van der Waals surface area contributed by atoms with Crippen LogP contribution < -0.4 is 0 Å². The first-order chi connectivity index (χ1) is 9.65. The van der Waals surface area contributed by atoms with Crippen LogP contribution in [0.5, 0.6) is 0 Å². The molecule has 1 aromatic heterocycles. The van der Waals surface area contributed by atoms with E-state index in [0.717, 1.165) is 26.5 Å². The number of Topliss-reactive ketones (excluding diaryl/α,β-unsaturated/α-hetero) is 1. The number of carbonyl (C=O) groups excluding carboxylic acids is 1. The first-order valence-corrected chi connectivity index (χ1v) is 7.26. The number of fused-ring (bicyclic) bond motifs is 1.